The Hall–Kier alpha value is -2.86. The zero-order valence-corrected chi connectivity index (χ0v) is 14.1. The number of amides is 1. The Morgan fingerprint density at radius 2 is 2.00 bits per heavy atom. The van der Waals surface area contributed by atoms with E-state index in [9.17, 15) is 14.4 Å². The standard InChI is InChI=1S/C18H15ClN2O4/c1-10-12(19)3-2-4-13(10)20-17(23)8-7-15(22)11-5-6-14-16(9-11)25-18(24)21-14/h2-6,9H,7-8H2,1H3,(H,20,23)(H,21,24). The van der Waals surface area contributed by atoms with Crippen molar-refractivity contribution in [1.82, 2.24) is 4.98 Å². The molecule has 3 aromatic rings. The molecule has 0 saturated heterocycles. The lowest BCUT2D eigenvalue weighted by atomic mass is 10.1. The Bertz CT molecular complexity index is 1020. The molecule has 0 aliphatic carbocycles. The van der Waals surface area contributed by atoms with Gasteiger partial charge < -0.3 is 9.73 Å². The third-order valence-corrected chi connectivity index (χ3v) is 4.27. The first-order valence-corrected chi connectivity index (χ1v) is 8.03. The van der Waals surface area contributed by atoms with E-state index in [4.69, 9.17) is 16.0 Å². The van der Waals surface area contributed by atoms with Crippen molar-refractivity contribution < 1.29 is 14.0 Å². The van der Waals surface area contributed by atoms with Crippen molar-refractivity contribution in [3.63, 3.8) is 0 Å². The van der Waals surface area contributed by atoms with Crippen LogP contribution < -0.4 is 11.1 Å². The fourth-order valence-electron chi connectivity index (χ4n) is 2.45. The van der Waals surface area contributed by atoms with E-state index in [1.54, 1.807) is 30.3 Å². The number of ketones is 1. The molecule has 0 saturated carbocycles. The lowest BCUT2D eigenvalue weighted by Gasteiger charge is -2.09. The third kappa shape index (κ3) is 3.80. The minimum atomic E-state index is -0.573. The van der Waals surface area contributed by atoms with Gasteiger partial charge in [0.25, 0.3) is 0 Å². The van der Waals surface area contributed by atoms with E-state index in [0.29, 0.717) is 27.4 Å². The van der Waals surface area contributed by atoms with Crippen molar-refractivity contribution >= 4 is 40.1 Å². The molecule has 0 unspecified atom stereocenters. The van der Waals surface area contributed by atoms with E-state index in [0.717, 1.165) is 5.56 Å². The molecular formula is C18H15ClN2O4. The molecule has 0 radical (unpaired) electrons. The van der Waals surface area contributed by atoms with Gasteiger partial charge in [-0.3, -0.25) is 14.6 Å². The third-order valence-electron chi connectivity index (χ3n) is 3.86. The maximum Gasteiger partial charge on any atom is 0.417 e. The number of halogens is 1. The molecule has 7 heteroatoms. The van der Waals surface area contributed by atoms with E-state index >= 15 is 0 Å². The summed E-state index contributed by atoms with van der Waals surface area (Å²) < 4.78 is 4.93. The van der Waals surface area contributed by atoms with Gasteiger partial charge in [-0.15, -0.1) is 0 Å². The van der Waals surface area contributed by atoms with Gasteiger partial charge in [0.05, 0.1) is 5.52 Å². The number of H-pyrrole nitrogens is 1. The zero-order chi connectivity index (χ0) is 18.0. The number of oxazole rings is 1. The summed E-state index contributed by atoms with van der Waals surface area (Å²) in [5, 5.41) is 3.32. The topological polar surface area (TPSA) is 92.2 Å². The van der Waals surface area contributed by atoms with Gasteiger partial charge in [0.1, 0.15) is 0 Å². The van der Waals surface area contributed by atoms with Gasteiger partial charge >= 0.3 is 5.76 Å². The van der Waals surface area contributed by atoms with Gasteiger partial charge in [-0.1, -0.05) is 17.7 Å². The lowest BCUT2D eigenvalue weighted by molar-refractivity contribution is -0.116. The number of aromatic nitrogens is 1. The second-order valence-electron chi connectivity index (χ2n) is 5.61. The number of rotatable bonds is 5. The summed E-state index contributed by atoms with van der Waals surface area (Å²) in [6.07, 6.45) is 0.0888. The first-order chi connectivity index (χ1) is 11.9. The average Bonchev–Trinajstić information content (AvgIpc) is 2.96. The molecule has 0 atom stereocenters. The molecule has 0 fully saturated rings. The number of carbonyl (C=O) groups is 2. The van der Waals surface area contributed by atoms with E-state index in [2.05, 4.69) is 10.3 Å². The van der Waals surface area contributed by atoms with Crippen LogP contribution in [0.15, 0.2) is 45.6 Å². The fourth-order valence-corrected chi connectivity index (χ4v) is 2.62. The minimum absolute atomic E-state index is 0.0416. The van der Waals surface area contributed by atoms with Crippen LogP contribution in [0.4, 0.5) is 5.69 Å². The van der Waals surface area contributed by atoms with Crippen LogP contribution in [0.1, 0.15) is 28.8 Å². The molecule has 25 heavy (non-hydrogen) atoms. The van der Waals surface area contributed by atoms with Gasteiger partial charge in [0.2, 0.25) is 5.91 Å². The summed E-state index contributed by atoms with van der Waals surface area (Å²) in [4.78, 5) is 37.9. The van der Waals surface area contributed by atoms with Crippen molar-refractivity contribution in [2.45, 2.75) is 19.8 Å². The van der Waals surface area contributed by atoms with Crippen molar-refractivity contribution in [3.05, 3.63) is 63.1 Å². The Morgan fingerprint density at radius 1 is 1.20 bits per heavy atom. The Morgan fingerprint density at radius 3 is 2.80 bits per heavy atom. The summed E-state index contributed by atoms with van der Waals surface area (Å²) in [6, 6.07) is 9.93. The van der Waals surface area contributed by atoms with Crippen molar-refractivity contribution in [3.8, 4) is 0 Å². The molecule has 2 aromatic carbocycles. The van der Waals surface area contributed by atoms with E-state index in [-0.39, 0.29) is 24.5 Å². The van der Waals surface area contributed by atoms with Crippen molar-refractivity contribution in [2.75, 3.05) is 5.32 Å². The predicted molar refractivity (Wildman–Crippen MR) is 95.2 cm³/mol. The van der Waals surface area contributed by atoms with Crippen LogP contribution in [0.2, 0.25) is 5.02 Å². The smallest absolute Gasteiger partial charge is 0.408 e. The highest BCUT2D eigenvalue weighted by Gasteiger charge is 2.12. The molecule has 2 N–H and O–H groups in total. The molecule has 1 amide bonds. The zero-order valence-electron chi connectivity index (χ0n) is 13.4. The molecule has 0 aliphatic rings. The highest BCUT2D eigenvalue weighted by Crippen LogP contribution is 2.23. The lowest BCUT2D eigenvalue weighted by Crippen LogP contribution is -2.14. The SMILES string of the molecule is Cc1c(Cl)cccc1NC(=O)CCC(=O)c1ccc2[nH]c(=O)oc2c1. The quantitative estimate of drug-likeness (QED) is 0.680. The van der Waals surface area contributed by atoms with Crippen LogP contribution in [0.5, 0.6) is 0 Å². The largest absolute Gasteiger partial charge is 0.417 e. The first kappa shape index (κ1) is 17.0. The fraction of sp³-hybridized carbons (Fsp3) is 0.167. The van der Waals surface area contributed by atoms with E-state index in [1.807, 2.05) is 6.92 Å². The second kappa shape index (κ2) is 6.94. The van der Waals surface area contributed by atoms with Crippen LogP contribution in [0.25, 0.3) is 11.1 Å². The summed E-state index contributed by atoms with van der Waals surface area (Å²) in [6.45, 7) is 1.81. The summed E-state index contributed by atoms with van der Waals surface area (Å²) in [7, 11) is 0. The maximum atomic E-state index is 12.2. The molecule has 6 nitrogen and oxygen atoms in total. The predicted octanol–water partition coefficient (Wildman–Crippen LogP) is 3.68. The molecule has 128 valence electrons. The van der Waals surface area contributed by atoms with E-state index in [1.165, 1.54) is 6.07 Å². The average molecular weight is 359 g/mol. The Labute approximate surface area is 147 Å². The van der Waals surface area contributed by atoms with Gasteiger partial charge in [-0.25, -0.2) is 4.79 Å². The van der Waals surface area contributed by atoms with Crippen LogP contribution in [0, 0.1) is 6.92 Å². The number of anilines is 1. The second-order valence-corrected chi connectivity index (χ2v) is 6.02. The molecule has 1 heterocycles. The Balaban J connectivity index is 1.63. The highest BCUT2D eigenvalue weighted by atomic mass is 35.5. The minimum Gasteiger partial charge on any atom is -0.408 e. The summed E-state index contributed by atoms with van der Waals surface area (Å²) in [5.74, 6) is -1.05. The van der Waals surface area contributed by atoms with Gasteiger partial charge in [-0.2, -0.15) is 0 Å². The van der Waals surface area contributed by atoms with E-state index < -0.39 is 5.76 Å². The van der Waals surface area contributed by atoms with Crippen molar-refractivity contribution in [2.24, 2.45) is 0 Å². The molecule has 0 aliphatic heterocycles. The van der Waals surface area contributed by atoms with Gasteiger partial charge in [0.15, 0.2) is 11.4 Å². The number of Topliss-reactive ketones (excluding diaryl/α,β-unsaturated/α-hetero) is 1. The molecule has 0 spiro atoms. The molecular weight excluding hydrogens is 344 g/mol. The van der Waals surface area contributed by atoms with Crippen LogP contribution >= 0.6 is 11.6 Å². The number of benzene rings is 2. The van der Waals surface area contributed by atoms with Crippen LogP contribution in [-0.4, -0.2) is 16.7 Å². The van der Waals surface area contributed by atoms with Gasteiger partial charge in [0, 0.05) is 29.1 Å². The number of carbonyl (C=O) groups excluding carboxylic acids is 2. The van der Waals surface area contributed by atoms with Crippen LogP contribution in [-0.2, 0) is 4.79 Å². The van der Waals surface area contributed by atoms with Crippen molar-refractivity contribution in [1.29, 1.82) is 0 Å². The number of fused-ring (bicyclic) bond motifs is 1. The molecule has 1 aromatic heterocycles. The number of nitrogens with one attached hydrogen (secondary N) is 2. The highest BCUT2D eigenvalue weighted by molar-refractivity contribution is 6.31. The molecule has 0 bridgehead atoms. The monoisotopic (exact) mass is 358 g/mol. The summed E-state index contributed by atoms with van der Waals surface area (Å²) in [5.41, 5.74) is 2.63. The number of aromatic amines is 1. The number of hydrogen-bond donors (Lipinski definition) is 2. The number of hydrogen-bond acceptors (Lipinski definition) is 4. The maximum absolute atomic E-state index is 12.2. The Kier molecular flexibility index (Phi) is 4.72. The normalized spacial score (nSPS) is 10.8. The molecule has 3 rings (SSSR count). The van der Waals surface area contributed by atoms with Gasteiger partial charge in [-0.05, 0) is 42.8 Å². The van der Waals surface area contributed by atoms with Crippen LogP contribution in [0.3, 0.4) is 0 Å². The first-order valence-electron chi connectivity index (χ1n) is 7.65. The summed E-state index contributed by atoms with van der Waals surface area (Å²) >= 11 is 6.02.